The summed E-state index contributed by atoms with van der Waals surface area (Å²) in [5.41, 5.74) is 2.63. The molecule has 0 amide bonds. The largest absolute Gasteiger partial charge is 0.298 e. The molecule has 0 N–H and O–H groups in total. The van der Waals surface area contributed by atoms with E-state index in [1.54, 1.807) is 6.07 Å². The molecule has 0 saturated carbocycles. The lowest BCUT2D eigenvalue weighted by Crippen LogP contribution is -2.12. The highest BCUT2D eigenvalue weighted by Gasteiger charge is 2.20. The maximum atomic E-state index is 13.2. The monoisotopic (exact) mass is 281 g/mol. The number of hydrogen-bond acceptors (Lipinski definition) is 2. The molecule has 0 aliphatic carbocycles. The summed E-state index contributed by atoms with van der Waals surface area (Å²) in [5.74, 6) is -1.51. The van der Waals surface area contributed by atoms with Crippen molar-refractivity contribution in [1.82, 2.24) is 0 Å². The topological polar surface area (TPSA) is 40.9 Å². The van der Waals surface area contributed by atoms with Gasteiger partial charge < -0.3 is 0 Å². The first-order valence-electron chi connectivity index (χ1n) is 6.83. The molecule has 0 bridgehead atoms. The van der Waals surface area contributed by atoms with Crippen LogP contribution in [0.2, 0.25) is 0 Å². The number of aryl methyl sites for hydroxylation is 2. The Morgan fingerprint density at radius 1 is 1.24 bits per heavy atom. The molecule has 2 aromatic carbocycles. The van der Waals surface area contributed by atoms with E-state index in [0.29, 0.717) is 12.0 Å². The Bertz CT molecular complexity index is 688. The zero-order valence-corrected chi connectivity index (χ0v) is 11.8. The number of nitrogens with zero attached hydrogens (tertiary/aromatic N) is 1. The van der Waals surface area contributed by atoms with Gasteiger partial charge in [0.05, 0.1) is 6.07 Å². The molecule has 0 aliphatic heterocycles. The van der Waals surface area contributed by atoms with E-state index in [-0.39, 0.29) is 12.2 Å². The minimum atomic E-state index is -0.898. The third-order valence-corrected chi connectivity index (χ3v) is 3.38. The van der Waals surface area contributed by atoms with Crippen molar-refractivity contribution in [3.8, 4) is 6.07 Å². The molecule has 0 radical (unpaired) electrons. The van der Waals surface area contributed by atoms with Crippen LogP contribution in [0.1, 0.15) is 29.0 Å². The van der Waals surface area contributed by atoms with Crippen molar-refractivity contribution in [2.75, 3.05) is 0 Å². The molecule has 0 heterocycles. The second kappa shape index (κ2) is 6.81. The number of carbonyl (C=O) groups excluding carboxylic acids is 1. The number of benzene rings is 2. The molecule has 0 fully saturated rings. The zero-order valence-electron chi connectivity index (χ0n) is 11.8. The van der Waals surface area contributed by atoms with Gasteiger partial charge >= 0.3 is 0 Å². The van der Waals surface area contributed by atoms with E-state index in [0.717, 1.165) is 11.1 Å². The first-order chi connectivity index (χ1) is 10.1. The first-order valence-corrected chi connectivity index (χ1v) is 6.83. The van der Waals surface area contributed by atoms with Gasteiger partial charge in [-0.25, -0.2) is 4.39 Å². The number of ketones is 1. The predicted octanol–water partition coefficient (Wildman–Crippen LogP) is 3.94. The fourth-order valence-corrected chi connectivity index (χ4v) is 2.30. The van der Waals surface area contributed by atoms with Crippen LogP contribution < -0.4 is 0 Å². The summed E-state index contributed by atoms with van der Waals surface area (Å²) in [6.07, 6.45) is 0.867. The number of carbonyl (C=O) groups is 1. The summed E-state index contributed by atoms with van der Waals surface area (Å²) in [6, 6.07) is 15.6. The first kappa shape index (κ1) is 14.9. The number of nitriles is 1. The molecule has 2 rings (SSSR count). The summed E-state index contributed by atoms with van der Waals surface area (Å²) >= 11 is 0. The lowest BCUT2D eigenvalue weighted by Gasteiger charge is -2.09. The molecule has 1 atom stereocenters. The smallest absolute Gasteiger partial charge is 0.154 e. The maximum Gasteiger partial charge on any atom is 0.154 e. The standard InChI is InChI=1S/C18H16FNO/c1-13-4-2-5-14(10-13)8-9-18(21)17(12-20)15-6-3-7-16(19)11-15/h2-7,10-11,17H,8-9H2,1H3. The molecular formula is C18H16FNO. The van der Waals surface area contributed by atoms with Crippen molar-refractivity contribution in [1.29, 1.82) is 5.26 Å². The highest BCUT2D eigenvalue weighted by atomic mass is 19.1. The Kier molecular flexibility index (Phi) is 4.84. The molecular weight excluding hydrogens is 265 g/mol. The number of halogens is 1. The molecule has 3 heteroatoms. The van der Waals surface area contributed by atoms with Crippen molar-refractivity contribution in [3.05, 3.63) is 71.0 Å². The minimum absolute atomic E-state index is 0.176. The third-order valence-electron chi connectivity index (χ3n) is 3.38. The van der Waals surface area contributed by atoms with Crippen LogP contribution in [-0.2, 0) is 11.2 Å². The van der Waals surface area contributed by atoms with Crippen molar-refractivity contribution in [2.24, 2.45) is 0 Å². The second-order valence-corrected chi connectivity index (χ2v) is 5.07. The van der Waals surface area contributed by atoms with Crippen molar-refractivity contribution in [2.45, 2.75) is 25.7 Å². The van der Waals surface area contributed by atoms with E-state index in [9.17, 15) is 14.4 Å². The van der Waals surface area contributed by atoms with Crippen LogP contribution in [0.4, 0.5) is 4.39 Å². The Morgan fingerprint density at radius 2 is 2.00 bits per heavy atom. The highest BCUT2D eigenvalue weighted by molar-refractivity contribution is 5.88. The minimum Gasteiger partial charge on any atom is -0.298 e. The van der Waals surface area contributed by atoms with E-state index in [2.05, 4.69) is 0 Å². The zero-order chi connectivity index (χ0) is 15.2. The molecule has 0 spiro atoms. The van der Waals surface area contributed by atoms with Gasteiger partial charge in [-0.15, -0.1) is 0 Å². The van der Waals surface area contributed by atoms with Crippen LogP contribution in [0.3, 0.4) is 0 Å². The van der Waals surface area contributed by atoms with Gasteiger partial charge in [-0.2, -0.15) is 5.26 Å². The van der Waals surface area contributed by atoms with Crippen molar-refractivity contribution >= 4 is 5.78 Å². The SMILES string of the molecule is Cc1cccc(CCC(=O)C(C#N)c2cccc(F)c2)c1. The van der Waals surface area contributed by atoms with Crippen LogP contribution in [0.15, 0.2) is 48.5 Å². The molecule has 1 unspecified atom stereocenters. The fourth-order valence-electron chi connectivity index (χ4n) is 2.30. The lowest BCUT2D eigenvalue weighted by molar-refractivity contribution is -0.119. The van der Waals surface area contributed by atoms with Crippen LogP contribution in [-0.4, -0.2) is 5.78 Å². The highest BCUT2D eigenvalue weighted by Crippen LogP contribution is 2.20. The van der Waals surface area contributed by atoms with Gasteiger partial charge in [-0.05, 0) is 36.6 Å². The molecule has 0 aliphatic rings. The van der Waals surface area contributed by atoms with Gasteiger partial charge in [0.2, 0.25) is 0 Å². The maximum absolute atomic E-state index is 13.2. The molecule has 0 aromatic heterocycles. The summed E-state index contributed by atoms with van der Waals surface area (Å²) in [6.45, 7) is 2.00. The molecule has 106 valence electrons. The van der Waals surface area contributed by atoms with Gasteiger partial charge in [0, 0.05) is 6.42 Å². The molecule has 21 heavy (non-hydrogen) atoms. The Labute approximate surface area is 123 Å². The average molecular weight is 281 g/mol. The normalized spacial score (nSPS) is 11.7. The summed E-state index contributed by atoms with van der Waals surface area (Å²) in [4.78, 5) is 12.2. The number of rotatable bonds is 5. The average Bonchev–Trinajstić information content (AvgIpc) is 2.46. The van der Waals surface area contributed by atoms with E-state index in [1.165, 1.54) is 18.2 Å². The number of hydrogen-bond donors (Lipinski definition) is 0. The Balaban J connectivity index is 2.06. The molecule has 2 nitrogen and oxygen atoms in total. The lowest BCUT2D eigenvalue weighted by atomic mass is 9.92. The predicted molar refractivity (Wildman–Crippen MR) is 79.3 cm³/mol. The Morgan fingerprint density at radius 3 is 2.67 bits per heavy atom. The second-order valence-electron chi connectivity index (χ2n) is 5.07. The van der Waals surface area contributed by atoms with Gasteiger partial charge in [0.15, 0.2) is 5.78 Å². The van der Waals surface area contributed by atoms with Crippen LogP contribution >= 0.6 is 0 Å². The van der Waals surface area contributed by atoms with Gasteiger partial charge in [-0.3, -0.25) is 4.79 Å². The third kappa shape index (κ3) is 4.00. The fraction of sp³-hybridized carbons (Fsp3) is 0.222. The number of Topliss-reactive ketones (excluding diaryl/α,β-unsaturated/α-hetero) is 1. The molecule has 2 aromatic rings. The quantitative estimate of drug-likeness (QED) is 0.832. The van der Waals surface area contributed by atoms with Crippen LogP contribution in [0.5, 0.6) is 0 Å². The van der Waals surface area contributed by atoms with Crippen molar-refractivity contribution < 1.29 is 9.18 Å². The summed E-state index contributed by atoms with van der Waals surface area (Å²) < 4.78 is 13.2. The van der Waals surface area contributed by atoms with E-state index in [4.69, 9.17) is 0 Å². The van der Waals surface area contributed by atoms with Crippen LogP contribution in [0.25, 0.3) is 0 Å². The summed E-state index contributed by atoms with van der Waals surface area (Å²) in [7, 11) is 0. The van der Waals surface area contributed by atoms with Crippen LogP contribution in [0, 0.1) is 24.1 Å². The van der Waals surface area contributed by atoms with E-state index in [1.807, 2.05) is 37.3 Å². The van der Waals surface area contributed by atoms with Gasteiger partial charge in [0.1, 0.15) is 11.7 Å². The summed E-state index contributed by atoms with van der Waals surface area (Å²) in [5, 5.41) is 9.19. The molecule has 0 saturated heterocycles. The van der Waals surface area contributed by atoms with Crippen molar-refractivity contribution in [3.63, 3.8) is 0 Å². The van der Waals surface area contributed by atoms with Gasteiger partial charge in [-0.1, -0.05) is 42.0 Å². The van der Waals surface area contributed by atoms with E-state index < -0.39 is 11.7 Å². The Hall–Kier alpha value is -2.47. The van der Waals surface area contributed by atoms with E-state index >= 15 is 0 Å². The van der Waals surface area contributed by atoms with Gasteiger partial charge in [0.25, 0.3) is 0 Å².